The lowest BCUT2D eigenvalue weighted by Crippen LogP contribution is -2.36. The lowest BCUT2D eigenvalue weighted by Gasteiger charge is -2.25. The van der Waals surface area contributed by atoms with Crippen LogP contribution in [0.1, 0.15) is 24.9 Å². The van der Waals surface area contributed by atoms with Crippen LogP contribution in [0.2, 0.25) is 0 Å². The molecule has 1 aromatic rings. The number of hydrogen-bond acceptors (Lipinski definition) is 4. The predicted octanol–water partition coefficient (Wildman–Crippen LogP) is 1.35. The highest BCUT2D eigenvalue weighted by Crippen LogP contribution is 2.20. The third-order valence-electron chi connectivity index (χ3n) is 3.23. The van der Waals surface area contributed by atoms with Crippen molar-refractivity contribution in [1.29, 1.82) is 0 Å². The van der Waals surface area contributed by atoms with Crippen molar-refractivity contribution < 1.29 is 9.15 Å². The van der Waals surface area contributed by atoms with Crippen molar-refractivity contribution in [3.8, 4) is 0 Å². The number of hydrogen-bond donors (Lipinski definition) is 1. The van der Waals surface area contributed by atoms with Crippen molar-refractivity contribution in [1.82, 2.24) is 4.90 Å². The normalized spacial score (nSPS) is 25.5. The molecule has 2 heterocycles. The van der Waals surface area contributed by atoms with Crippen LogP contribution in [0.4, 0.5) is 0 Å². The number of ether oxygens (including phenoxy) is 1. The van der Waals surface area contributed by atoms with Gasteiger partial charge in [0, 0.05) is 12.6 Å². The van der Waals surface area contributed by atoms with Crippen LogP contribution in [0.3, 0.4) is 0 Å². The predicted molar refractivity (Wildman–Crippen MR) is 61.9 cm³/mol. The minimum absolute atomic E-state index is 0.314. The van der Waals surface area contributed by atoms with Crippen molar-refractivity contribution >= 4 is 0 Å². The number of likely N-dealkylation sites (N-methyl/N-ethyl adjacent to an activating group) is 1. The lowest BCUT2D eigenvalue weighted by molar-refractivity contribution is 0.0790. The van der Waals surface area contributed by atoms with Gasteiger partial charge < -0.3 is 14.9 Å². The van der Waals surface area contributed by atoms with E-state index in [-0.39, 0.29) is 0 Å². The molecule has 1 aromatic heterocycles. The van der Waals surface area contributed by atoms with Crippen molar-refractivity contribution in [2.45, 2.75) is 38.6 Å². The Labute approximate surface area is 96.4 Å². The number of furan rings is 1. The van der Waals surface area contributed by atoms with E-state index in [9.17, 15) is 0 Å². The minimum atomic E-state index is 0.314. The SMILES string of the molecule is CC1OCCC1N(C)Cc1ccc(CN)o1. The zero-order valence-corrected chi connectivity index (χ0v) is 9.98. The van der Waals surface area contributed by atoms with E-state index in [4.69, 9.17) is 14.9 Å². The average molecular weight is 224 g/mol. The Hall–Kier alpha value is -0.840. The molecule has 2 atom stereocenters. The molecule has 0 saturated carbocycles. The van der Waals surface area contributed by atoms with E-state index in [1.54, 1.807) is 0 Å². The summed E-state index contributed by atoms with van der Waals surface area (Å²) in [5.74, 6) is 1.82. The molecule has 0 aromatic carbocycles. The number of nitrogens with two attached hydrogens (primary N) is 1. The molecule has 90 valence electrons. The third kappa shape index (κ3) is 2.45. The van der Waals surface area contributed by atoms with Gasteiger partial charge in [0.25, 0.3) is 0 Å². The first-order valence-corrected chi connectivity index (χ1v) is 5.80. The molecular weight excluding hydrogens is 204 g/mol. The number of nitrogens with zero attached hydrogens (tertiary/aromatic N) is 1. The van der Waals surface area contributed by atoms with Gasteiger partial charge in [0.2, 0.25) is 0 Å². The van der Waals surface area contributed by atoms with Gasteiger partial charge >= 0.3 is 0 Å². The van der Waals surface area contributed by atoms with E-state index >= 15 is 0 Å². The second kappa shape index (κ2) is 4.99. The van der Waals surface area contributed by atoms with E-state index in [1.807, 2.05) is 12.1 Å². The molecule has 1 saturated heterocycles. The van der Waals surface area contributed by atoms with Crippen LogP contribution in [0, 0.1) is 0 Å². The van der Waals surface area contributed by atoms with E-state index in [0.717, 1.165) is 31.1 Å². The molecule has 0 aliphatic carbocycles. The summed E-state index contributed by atoms with van der Waals surface area (Å²) in [6.07, 6.45) is 1.41. The van der Waals surface area contributed by atoms with Gasteiger partial charge in [-0.15, -0.1) is 0 Å². The Kier molecular flexibility index (Phi) is 3.63. The van der Waals surface area contributed by atoms with Crippen molar-refractivity contribution in [2.75, 3.05) is 13.7 Å². The molecule has 16 heavy (non-hydrogen) atoms. The highest BCUT2D eigenvalue weighted by Gasteiger charge is 2.28. The van der Waals surface area contributed by atoms with Gasteiger partial charge in [-0.1, -0.05) is 0 Å². The summed E-state index contributed by atoms with van der Waals surface area (Å²) in [5, 5.41) is 0. The van der Waals surface area contributed by atoms with Crippen molar-refractivity contribution in [3.63, 3.8) is 0 Å². The first-order valence-electron chi connectivity index (χ1n) is 5.80. The zero-order chi connectivity index (χ0) is 11.5. The molecule has 1 aliphatic rings. The zero-order valence-electron chi connectivity index (χ0n) is 9.98. The Bertz CT molecular complexity index is 338. The van der Waals surface area contributed by atoms with Gasteiger partial charge in [0.1, 0.15) is 11.5 Å². The van der Waals surface area contributed by atoms with Crippen LogP contribution in [-0.2, 0) is 17.8 Å². The molecule has 1 aliphatic heterocycles. The highest BCUT2D eigenvalue weighted by molar-refractivity contribution is 5.07. The Morgan fingerprint density at radius 2 is 2.19 bits per heavy atom. The van der Waals surface area contributed by atoms with Crippen LogP contribution < -0.4 is 5.73 Å². The average Bonchev–Trinajstić information content (AvgIpc) is 2.86. The fourth-order valence-electron chi connectivity index (χ4n) is 2.28. The standard InChI is InChI=1S/C12H20N2O2/c1-9-12(5-6-15-9)14(2)8-11-4-3-10(7-13)16-11/h3-4,9,12H,5-8,13H2,1-2H3. The molecule has 2 rings (SSSR count). The summed E-state index contributed by atoms with van der Waals surface area (Å²) in [5.41, 5.74) is 5.51. The second-order valence-electron chi connectivity index (χ2n) is 4.42. The van der Waals surface area contributed by atoms with E-state index < -0.39 is 0 Å². The van der Waals surface area contributed by atoms with Gasteiger partial charge in [-0.3, -0.25) is 4.90 Å². The summed E-state index contributed by atoms with van der Waals surface area (Å²) in [7, 11) is 2.11. The van der Waals surface area contributed by atoms with Crippen molar-refractivity contribution in [2.24, 2.45) is 5.73 Å². The minimum Gasteiger partial charge on any atom is -0.463 e. The fourth-order valence-corrected chi connectivity index (χ4v) is 2.28. The van der Waals surface area contributed by atoms with Crippen LogP contribution in [0.25, 0.3) is 0 Å². The monoisotopic (exact) mass is 224 g/mol. The topological polar surface area (TPSA) is 51.6 Å². The van der Waals surface area contributed by atoms with Gasteiger partial charge in [0.15, 0.2) is 0 Å². The summed E-state index contributed by atoms with van der Waals surface area (Å²) in [6.45, 7) is 4.27. The Morgan fingerprint density at radius 3 is 2.75 bits per heavy atom. The maximum atomic E-state index is 5.59. The van der Waals surface area contributed by atoms with Gasteiger partial charge in [0.05, 0.1) is 19.2 Å². The quantitative estimate of drug-likeness (QED) is 0.838. The van der Waals surface area contributed by atoms with Gasteiger partial charge in [-0.05, 0) is 32.5 Å². The maximum absolute atomic E-state index is 5.59. The molecule has 4 nitrogen and oxygen atoms in total. The molecule has 4 heteroatoms. The maximum Gasteiger partial charge on any atom is 0.118 e. The lowest BCUT2D eigenvalue weighted by atomic mass is 10.1. The Balaban J connectivity index is 1.93. The van der Waals surface area contributed by atoms with Crippen LogP contribution >= 0.6 is 0 Å². The highest BCUT2D eigenvalue weighted by atomic mass is 16.5. The first-order chi connectivity index (χ1) is 7.70. The molecule has 2 N–H and O–H groups in total. The molecular formula is C12H20N2O2. The fraction of sp³-hybridized carbons (Fsp3) is 0.667. The van der Waals surface area contributed by atoms with Gasteiger partial charge in [-0.25, -0.2) is 0 Å². The van der Waals surface area contributed by atoms with Gasteiger partial charge in [-0.2, -0.15) is 0 Å². The molecule has 1 fully saturated rings. The summed E-state index contributed by atoms with van der Waals surface area (Å²) in [6, 6.07) is 4.43. The molecule has 2 unspecified atom stereocenters. The molecule has 0 spiro atoms. The summed E-state index contributed by atoms with van der Waals surface area (Å²) < 4.78 is 11.1. The summed E-state index contributed by atoms with van der Waals surface area (Å²) in [4.78, 5) is 2.29. The smallest absolute Gasteiger partial charge is 0.118 e. The molecule has 0 radical (unpaired) electrons. The Morgan fingerprint density at radius 1 is 1.44 bits per heavy atom. The van der Waals surface area contributed by atoms with Crippen LogP contribution in [-0.4, -0.2) is 30.7 Å². The third-order valence-corrected chi connectivity index (χ3v) is 3.23. The van der Waals surface area contributed by atoms with Crippen LogP contribution in [0.5, 0.6) is 0 Å². The van der Waals surface area contributed by atoms with Crippen LogP contribution in [0.15, 0.2) is 16.5 Å². The van der Waals surface area contributed by atoms with E-state index in [1.165, 1.54) is 0 Å². The molecule has 0 bridgehead atoms. The number of rotatable bonds is 4. The second-order valence-corrected chi connectivity index (χ2v) is 4.42. The van der Waals surface area contributed by atoms with Crippen molar-refractivity contribution in [3.05, 3.63) is 23.7 Å². The van der Waals surface area contributed by atoms with E-state index in [0.29, 0.717) is 18.7 Å². The van der Waals surface area contributed by atoms with E-state index in [2.05, 4.69) is 18.9 Å². The largest absolute Gasteiger partial charge is 0.463 e. The first kappa shape index (κ1) is 11.6. The summed E-state index contributed by atoms with van der Waals surface area (Å²) >= 11 is 0. The molecule has 0 amide bonds.